The lowest BCUT2D eigenvalue weighted by Gasteiger charge is -2.12. The maximum atomic E-state index is 13.1. The number of thioether (sulfide) groups is 1. The fourth-order valence-corrected chi connectivity index (χ4v) is 4.09. The molecule has 2 aromatic rings. The van der Waals surface area contributed by atoms with Crippen molar-refractivity contribution in [3.8, 4) is 0 Å². The Morgan fingerprint density at radius 3 is 2.77 bits per heavy atom. The van der Waals surface area contributed by atoms with E-state index in [0.29, 0.717) is 39.3 Å². The van der Waals surface area contributed by atoms with E-state index < -0.39 is 0 Å². The highest BCUT2D eigenvalue weighted by molar-refractivity contribution is 8.26. The number of nitrogens with zero attached hydrogens (tertiary/aromatic N) is 3. The van der Waals surface area contributed by atoms with Crippen molar-refractivity contribution >= 4 is 51.7 Å². The summed E-state index contributed by atoms with van der Waals surface area (Å²) in [5.74, 6) is 0.325. The van der Waals surface area contributed by atoms with E-state index in [-0.39, 0.29) is 11.5 Å². The van der Waals surface area contributed by atoms with Crippen LogP contribution in [0.25, 0.3) is 11.7 Å². The maximum Gasteiger partial charge on any atom is 0.267 e. The number of amides is 1. The summed E-state index contributed by atoms with van der Waals surface area (Å²) >= 11 is 6.47. The zero-order valence-electron chi connectivity index (χ0n) is 14.9. The second-order valence-corrected chi connectivity index (χ2v) is 7.59. The van der Waals surface area contributed by atoms with Crippen LogP contribution >= 0.6 is 24.0 Å². The number of fused-ring (bicyclic) bond motifs is 1. The van der Waals surface area contributed by atoms with Gasteiger partial charge in [-0.1, -0.05) is 37.0 Å². The number of carbonyl (C=O) groups excluding carboxylic acids is 1. The minimum atomic E-state index is -0.209. The molecule has 1 fully saturated rings. The Labute approximate surface area is 161 Å². The van der Waals surface area contributed by atoms with Crippen molar-refractivity contribution in [1.82, 2.24) is 14.3 Å². The van der Waals surface area contributed by atoms with Crippen LogP contribution in [-0.4, -0.2) is 37.6 Å². The van der Waals surface area contributed by atoms with E-state index in [9.17, 15) is 9.59 Å². The number of likely N-dealkylation sites (N-methyl/N-ethyl adjacent to an activating group) is 1. The smallest absolute Gasteiger partial charge is 0.267 e. The number of hydrogen-bond acceptors (Lipinski definition) is 6. The second-order valence-electron chi connectivity index (χ2n) is 5.92. The lowest BCUT2D eigenvalue weighted by Crippen LogP contribution is -2.27. The highest BCUT2D eigenvalue weighted by Gasteiger charge is 2.31. The van der Waals surface area contributed by atoms with Gasteiger partial charge >= 0.3 is 0 Å². The highest BCUT2D eigenvalue weighted by atomic mass is 32.2. The van der Waals surface area contributed by atoms with Crippen LogP contribution in [-0.2, 0) is 4.79 Å². The first-order chi connectivity index (χ1) is 12.5. The Balaban J connectivity index is 2.19. The van der Waals surface area contributed by atoms with Gasteiger partial charge in [-0.15, -0.1) is 0 Å². The van der Waals surface area contributed by atoms with Crippen molar-refractivity contribution in [2.75, 3.05) is 18.4 Å². The van der Waals surface area contributed by atoms with Gasteiger partial charge in [-0.2, -0.15) is 0 Å². The summed E-state index contributed by atoms with van der Waals surface area (Å²) < 4.78 is 2.02. The first-order valence-corrected chi connectivity index (χ1v) is 9.71. The van der Waals surface area contributed by atoms with E-state index in [4.69, 9.17) is 12.2 Å². The van der Waals surface area contributed by atoms with Crippen molar-refractivity contribution < 1.29 is 4.79 Å². The van der Waals surface area contributed by atoms with Crippen molar-refractivity contribution in [3.63, 3.8) is 0 Å². The summed E-state index contributed by atoms with van der Waals surface area (Å²) in [6, 6.07) is 3.72. The normalized spacial score (nSPS) is 16.1. The molecule has 3 rings (SSSR count). The van der Waals surface area contributed by atoms with Crippen molar-refractivity contribution in [2.24, 2.45) is 0 Å². The molecule has 1 amide bonds. The number of rotatable bonds is 5. The summed E-state index contributed by atoms with van der Waals surface area (Å²) in [6.45, 7) is 7.02. The Morgan fingerprint density at radius 1 is 1.35 bits per heavy atom. The molecular weight excluding hydrogens is 368 g/mol. The van der Waals surface area contributed by atoms with Crippen LogP contribution in [0, 0.1) is 6.92 Å². The first-order valence-electron chi connectivity index (χ1n) is 8.49. The molecule has 0 atom stereocenters. The van der Waals surface area contributed by atoms with Gasteiger partial charge in [0.05, 0.1) is 10.5 Å². The van der Waals surface area contributed by atoms with E-state index >= 15 is 0 Å². The number of carbonyl (C=O) groups is 1. The van der Waals surface area contributed by atoms with Crippen LogP contribution in [0.4, 0.5) is 5.82 Å². The molecular formula is C18H20N4O2S2. The molecule has 1 N–H and O–H groups in total. The van der Waals surface area contributed by atoms with Crippen LogP contribution in [0.1, 0.15) is 31.4 Å². The fraction of sp³-hybridized carbons (Fsp3) is 0.333. The van der Waals surface area contributed by atoms with Crippen molar-refractivity contribution in [3.05, 3.63) is 44.7 Å². The highest BCUT2D eigenvalue weighted by Crippen LogP contribution is 2.32. The Kier molecular flexibility index (Phi) is 5.43. The summed E-state index contributed by atoms with van der Waals surface area (Å²) in [5.41, 5.74) is 1.68. The van der Waals surface area contributed by atoms with E-state index in [2.05, 4.69) is 10.3 Å². The van der Waals surface area contributed by atoms with Crippen molar-refractivity contribution in [2.45, 2.75) is 27.2 Å². The standard InChI is InChI=1S/C18H20N4O2S2/c1-4-8-19-14-12(10-13-17(24)21(5-2)18(25)26-13)16(23)22-9-6-7-11(3)15(22)20-14/h6-7,9-10,19H,4-5,8H2,1-3H3/b13-10+. The van der Waals surface area contributed by atoms with Gasteiger partial charge in [0.25, 0.3) is 11.5 Å². The minimum absolute atomic E-state index is 0.169. The minimum Gasteiger partial charge on any atom is -0.369 e. The Morgan fingerprint density at radius 2 is 2.12 bits per heavy atom. The molecule has 3 heterocycles. The molecule has 2 aromatic heterocycles. The Bertz CT molecular complexity index is 981. The predicted octanol–water partition coefficient (Wildman–Crippen LogP) is 3.05. The summed E-state index contributed by atoms with van der Waals surface area (Å²) in [4.78, 5) is 32.2. The van der Waals surface area contributed by atoms with Gasteiger partial charge in [0.1, 0.15) is 15.8 Å². The van der Waals surface area contributed by atoms with E-state index in [1.807, 2.05) is 32.9 Å². The van der Waals surface area contributed by atoms with Crippen LogP contribution in [0.3, 0.4) is 0 Å². The third-order valence-electron chi connectivity index (χ3n) is 4.09. The average Bonchev–Trinajstić information content (AvgIpc) is 2.89. The van der Waals surface area contributed by atoms with Gasteiger partial charge in [0, 0.05) is 19.3 Å². The number of nitrogens with one attached hydrogen (secondary N) is 1. The quantitative estimate of drug-likeness (QED) is 0.627. The molecule has 0 unspecified atom stereocenters. The molecule has 0 bridgehead atoms. The van der Waals surface area contributed by atoms with Gasteiger partial charge in [-0.05, 0) is 38.0 Å². The Hall–Kier alpha value is -2.19. The van der Waals surface area contributed by atoms with Gasteiger partial charge in [-0.25, -0.2) is 4.98 Å². The molecule has 26 heavy (non-hydrogen) atoms. The first kappa shape index (κ1) is 18.6. The molecule has 0 aliphatic carbocycles. The van der Waals surface area contributed by atoms with Crippen LogP contribution in [0.5, 0.6) is 0 Å². The number of aromatic nitrogens is 2. The summed E-state index contributed by atoms with van der Waals surface area (Å²) in [7, 11) is 0. The second kappa shape index (κ2) is 7.59. The number of aryl methyl sites for hydroxylation is 1. The number of pyridine rings is 1. The molecule has 0 spiro atoms. The zero-order valence-corrected chi connectivity index (χ0v) is 16.5. The number of thiocarbonyl (C=S) groups is 1. The molecule has 0 saturated carbocycles. The third-order valence-corrected chi connectivity index (χ3v) is 5.47. The van der Waals surface area contributed by atoms with E-state index in [1.165, 1.54) is 21.1 Å². The van der Waals surface area contributed by atoms with Gasteiger partial charge in [0.2, 0.25) is 0 Å². The van der Waals surface area contributed by atoms with Crippen LogP contribution in [0.2, 0.25) is 0 Å². The maximum absolute atomic E-state index is 13.1. The van der Waals surface area contributed by atoms with E-state index in [1.54, 1.807) is 12.3 Å². The molecule has 0 aromatic carbocycles. The molecule has 0 radical (unpaired) electrons. The molecule has 1 aliphatic heterocycles. The van der Waals surface area contributed by atoms with Crippen LogP contribution in [0.15, 0.2) is 28.0 Å². The molecule has 1 saturated heterocycles. The molecule has 6 nitrogen and oxygen atoms in total. The molecule has 1 aliphatic rings. The lowest BCUT2D eigenvalue weighted by atomic mass is 10.2. The topological polar surface area (TPSA) is 66.7 Å². The fourth-order valence-electron chi connectivity index (χ4n) is 2.72. The predicted molar refractivity (Wildman–Crippen MR) is 111 cm³/mol. The number of anilines is 1. The summed E-state index contributed by atoms with van der Waals surface area (Å²) in [6.07, 6.45) is 4.19. The zero-order chi connectivity index (χ0) is 18.8. The van der Waals surface area contributed by atoms with Gasteiger partial charge < -0.3 is 5.32 Å². The lowest BCUT2D eigenvalue weighted by molar-refractivity contribution is -0.121. The largest absolute Gasteiger partial charge is 0.369 e. The SMILES string of the molecule is CCCNc1nc2c(C)cccn2c(=O)c1/C=C1/SC(=S)N(CC)C1=O. The summed E-state index contributed by atoms with van der Waals surface area (Å²) in [5, 5.41) is 3.21. The molecule has 8 heteroatoms. The van der Waals surface area contributed by atoms with Crippen molar-refractivity contribution in [1.29, 1.82) is 0 Å². The van der Waals surface area contributed by atoms with Gasteiger partial charge in [0.15, 0.2) is 0 Å². The number of hydrogen-bond donors (Lipinski definition) is 1. The monoisotopic (exact) mass is 388 g/mol. The average molecular weight is 389 g/mol. The van der Waals surface area contributed by atoms with Gasteiger partial charge in [-0.3, -0.25) is 18.9 Å². The molecule has 136 valence electrons. The third kappa shape index (κ3) is 3.26. The van der Waals surface area contributed by atoms with E-state index in [0.717, 1.165) is 12.0 Å². The van der Waals surface area contributed by atoms with Crippen LogP contribution < -0.4 is 10.9 Å².